The highest BCUT2D eigenvalue weighted by Gasteiger charge is 2.41. The van der Waals surface area contributed by atoms with Crippen molar-refractivity contribution in [2.75, 3.05) is 12.3 Å². The van der Waals surface area contributed by atoms with Crippen LogP contribution in [-0.2, 0) is 16.6 Å². The molecule has 0 bridgehead atoms. The maximum atomic E-state index is 12.2. The van der Waals surface area contributed by atoms with Gasteiger partial charge in [-0.1, -0.05) is 0 Å². The number of fused-ring (bicyclic) bond motifs is 1. The number of carbonyl (C=O) groups excluding carboxylic acids is 1. The fraction of sp³-hybridized carbons (Fsp3) is 0.250. The molecule has 3 heterocycles. The number of nitrogens with zero attached hydrogens (tertiary/aromatic N) is 4. The molecular weight excluding hydrogens is 294 g/mol. The van der Waals surface area contributed by atoms with Gasteiger partial charge in [0, 0.05) is 25.5 Å². The summed E-state index contributed by atoms with van der Waals surface area (Å²) in [7, 11) is -3.83. The number of anilines is 1. The topological polar surface area (TPSA) is 111 Å². The van der Waals surface area contributed by atoms with E-state index in [1.165, 1.54) is 12.3 Å². The Morgan fingerprint density at radius 3 is 2.71 bits per heavy atom. The van der Waals surface area contributed by atoms with Crippen LogP contribution in [0.4, 0.5) is 5.82 Å². The molecule has 1 amide bonds. The number of nitrogen functional groups attached to an aromatic ring is 1. The number of pyridine rings is 1. The molecule has 3 rings (SSSR count). The predicted molar refractivity (Wildman–Crippen MR) is 73.7 cm³/mol. The van der Waals surface area contributed by atoms with Crippen molar-refractivity contribution in [2.24, 2.45) is 0 Å². The highest BCUT2D eigenvalue weighted by molar-refractivity contribution is 7.90. The quantitative estimate of drug-likeness (QED) is 0.857. The molecule has 0 radical (unpaired) electrons. The van der Waals surface area contributed by atoms with Crippen LogP contribution in [0.5, 0.6) is 0 Å². The number of aryl methyl sites for hydroxylation is 1. The number of rotatable bonds is 4. The van der Waals surface area contributed by atoms with E-state index in [2.05, 4.69) is 10.1 Å². The molecule has 0 fully saturated rings. The molecule has 1 aliphatic heterocycles. The van der Waals surface area contributed by atoms with Crippen molar-refractivity contribution in [3.05, 3.63) is 36.2 Å². The van der Waals surface area contributed by atoms with E-state index in [9.17, 15) is 13.2 Å². The molecule has 0 atom stereocenters. The summed E-state index contributed by atoms with van der Waals surface area (Å²) in [5, 5.41) is 3.83. The van der Waals surface area contributed by atoms with Crippen LogP contribution in [0.15, 0.2) is 35.6 Å². The zero-order valence-electron chi connectivity index (χ0n) is 11.0. The smallest absolute Gasteiger partial charge is 0.285 e. The van der Waals surface area contributed by atoms with E-state index < -0.39 is 15.9 Å². The van der Waals surface area contributed by atoms with Gasteiger partial charge in [-0.25, -0.2) is 9.29 Å². The van der Waals surface area contributed by atoms with Gasteiger partial charge in [-0.3, -0.25) is 9.48 Å². The van der Waals surface area contributed by atoms with Gasteiger partial charge in [-0.05, 0) is 24.6 Å². The molecule has 0 spiro atoms. The Morgan fingerprint density at radius 1 is 1.24 bits per heavy atom. The van der Waals surface area contributed by atoms with E-state index in [1.807, 2.05) is 0 Å². The molecule has 2 aromatic heterocycles. The van der Waals surface area contributed by atoms with Gasteiger partial charge >= 0.3 is 0 Å². The molecule has 8 nitrogen and oxygen atoms in total. The third kappa shape index (κ3) is 2.25. The average Bonchev–Trinajstić information content (AvgIpc) is 2.95. The number of amides is 1. The summed E-state index contributed by atoms with van der Waals surface area (Å²) in [5.41, 5.74) is 5.62. The summed E-state index contributed by atoms with van der Waals surface area (Å²) in [6.45, 7) is 0.553. The second kappa shape index (κ2) is 4.85. The Bertz CT molecular complexity index is 799. The first-order valence-corrected chi connectivity index (χ1v) is 7.75. The number of sulfonamides is 1. The van der Waals surface area contributed by atoms with Crippen LogP contribution >= 0.6 is 0 Å². The molecule has 0 aromatic carbocycles. The highest BCUT2D eigenvalue weighted by Crippen LogP contribution is 2.27. The lowest BCUT2D eigenvalue weighted by Crippen LogP contribution is -2.31. The second-order valence-corrected chi connectivity index (χ2v) is 6.37. The first kappa shape index (κ1) is 13.6. The molecule has 2 aromatic rings. The maximum Gasteiger partial charge on any atom is 0.285 e. The van der Waals surface area contributed by atoms with Crippen LogP contribution < -0.4 is 5.73 Å². The molecule has 1 aliphatic rings. The molecule has 0 aliphatic carbocycles. The first-order chi connectivity index (χ1) is 10.00. The van der Waals surface area contributed by atoms with E-state index in [-0.39, 0.29) is 17.1 Å². The van der Waals surface area contributed by atoms with Crippen LogP contribution in [0.25, 0.3) is 0 Å². The summed E-state index contributed by atoms with van der Waals surface area (Å²) >= 11 is 0. The summed E-state index contributed by atoms with van der Waals surface area (Å²) in [6, 6.07) is 4.66. The minimum atomic E-state index is -3.83. The molecule has 0 saturated carbocycles. The summed E-state index contributed by atoms with van der Waals surface area (Å²) < 4.78 is 26.9. The van der Waals surface area contributed by atoms with Crippen LogP contribution in [-0.4, -0.2) is 39.9 Å². The monoisotopic (exact) mass is 307 g/mol. The van der Waals surface area contributed by atoms with Crippen LogP contribution in [0, 0.1) is 0 Å². The summed E-state index contributed by atoms with van der Waals surface area (Å²) in [5.74, 6) is -0.130. The number of carbonyl (C=O) groups is 1. The fourth-order valence-electron chi connectivity index (χ4n) is 2.21. The van der Waals surface area contributed by atoms with Crippen LogP contribution in [0.3, 0.4) is 0 Å². The Balaban J connectivity index is 1.74. The van der Waals surface area contributed by atoms with E-state index >= 15 is 0 Å². The second-order valence-electron chi connectivity index (χ2n) is 4.60. The molecule has 2 N–H and O–H groups in total. The zero-order chi connectivity index (χ0) is 15.0. The third-order valence-electron chi connectivity index (χ3n) is 3.17. The lowest BCUT2D eigenvalue weighted by molar-refractivity contribution is 0.0868. The summed E-state index contributed by atoms with van der Waals surface area (Å²) in [6.07, 6.45) is 3.51. The van der Waals surface area contributed by atoms with E-state index in [4.69, 9.17) is 5.73 Å². The van der Waals surface area contributed by atoms with E-state index in [0.717, 1.165) is 4.31 Å². The number of hydrogen-bond acceptors (Lipinski definition) is 6. The van der Waals surface area contributed by atoms with Crippen LogP contribution in [0.1, 0.15) is 16.8 Å². The molecule has 0 unspecified atom stereocenters. The van der Waals surface area contributed by atoms with Crippen molar-refractivity contribution >= 4 is 21.7 Å². The highest BCUT2D eigenvalue weighted by atomic mass is 32.2. The van der Waals surface area contributed by atoms with Crippen molar-refractivity contribution in [3.8, 4) is 0 Å². The Labute approximate surface area is 121 Å². The van der Waals surface area contributed by atoms with Crippen molar-refractivity contribution in [1.29, 1.82) is 0 Å². The molecule has 0 saturated heterocycles. The average molecular weight is 307 g/mol. The Kier molecular flexibility index (Phi) is 3.13. The van der Waals surface area contributed by atoms with Crippen molar-refractivity contribution < 1.29 is 13.2 Å². The Morgan fingerprint density at radius 2 is 2.05 bits per heavy atom. The van der Waals surface area contributed by atoms with Crippen molar-refractivity contribution in [1.82, 2.24) is 19.1 Å². The van der Waals surface area contributed by atoms with E-state index in [1.54, 1.807) is 23.0 Å². The van der Waals surface area contributed by atoms with Crippen molar-refractivity contribution in [3.63, 3.8) is 0 Å². The van der Waals surface area contributed by atoms with Crippen LogP contribution in [0.2, 0.25) is 0 Å². The SMILES string of the molecule is Nc1ccn(CCCN2C(=O)c3cccnc3S2(=O)=O)n1. The predicted octanol–water partition coefficient (Wildman–Crippen LogP) is 0.0951. The molecule has 21 heavy (non-hydrogen) atoms. The van der Waals surface area contributed by atoms with E-state index in [0.29, 0.717) is 18.8 Å². The minimum absolute atomic E-state index is 0.0806. The third-order valence-corrected chi connectivity index (χ3v) is 4.91. The number of nitrogens with two attached hydrogens (primary N) is 1. The number of hydrogen-bond donors (Lipinski definition) is 1. The fourth-order valence-corrected chi connectivity index (χ4v) is 3.73. The van der Waals surface area contributed by atoms with Gasteiger partial charge in [0.2, 0.25) is 0 Å². The molecular formula is C12H13N5O3S. The Hall–Kier alpha value is -2.42. The largest absolute Gasteiger partial charge is 0.382 e. The van der Waals surface area contributed by atoms with Gasteiger partial charge in [0.1, 0.15) is 5.82 Å². The van der Waals surface area contributed by atoms with Gasteiger partial charge < -0.3 is 5.73 Å². The normalized spacial score (nSPS) is 16.2. The van der Waals surface area contributed by atoms with Gasteiger partial charge in [-0.2, -0.15) is 13.5 Å². The van der Waals surface area contributed by atoms with Gasteiger partial charge in [-0.15, -0.1) is 0 Å². The number of aromatic nitrogens is 3. The standard InChI is InChI=1S/C12H13N5O3S/c13-10-4-8-16(15-10)6-2-7-17-12(18)9-3-1-5-14-11(9)21(17,19)20/h1,3-5,8H,2,6-7H2,(H2,13,15). The lowest BCUT2D eigenvalue weighted by Gasteiger charge is -2.14. The molecule has 110 valence electrons. The first-order valence-electron chi connectivity index (χ1n) is 6.31. The van der Waals surface area contributed by atoms with Gasteiger partial charge in [0.05, 0.1) is 5.56 Å². The maximum absolute atomic E-state index is 12.2. The lowest BCUT2D eigenvalue weighted by atomic mass is 10.2. The van der Waals surface area contributed by atoms with Gasteiger partial charge in [0.25, 0.3) is 15.9 Å². The van der Waals surface area contributed by atoms with Crippen molar-refractivity contribution in [2.45, 2.75) is 18.0 Å². The minimum Gasteiger partial charge on any atom is -0.382 e. The van der Waals surface area contributed by atoms with Gasteiger partial charge in [0.15, 0.2) is 5.03 Å². The molecule has 9 heteroatoms. The summed E-state index contributed by atoms with van der Waals surface area (Å²) in [4.78, 5) is 15.9. The zero-order valence-corrected chi connectivity index (χ0v) is 11.8.